The van der Waals surface area contributed by atoms with Crippen molar-refractivity contribution in [3.63, 3.8) is 0 Å². The lowest BCUT2D eigenvalue weighted by atomic mass is 10.0. The molecule has 4 aromatic rings. The van der Waals surface area contributed by atoms with E-state index in [1.165, 1.54) is 12.1 Å². The van der Waals surface area contributed by atoms with Gasteiger partial charge >= 0.3 is 6.01 Å². The molecule has 5 rings (SSSR count). The Morgan fingerprint density at radius 1 is 1.03 bits per heavy atom. The molecule has 0 atom stereocenters. The van der Waals surface area contributed by atoms with Crippen LogP contribution in [0.1, 0.15) is 30.0 Å². The monoisotopic (exact) mass is 477 g/mol. The molecule has 0 unspecified atom stereocenters. The Morgan fingerprint density at radius 2 is 1.74 bits per heavy atom. The molecule has 0 radical (unpaired) electrons. The van der Waals surface area contributed by atoms with Crippen LogP contribution < -0.4 is 10.1 Å². The first-order valence-corrected chi connectivity index (χ1v) is 11.7. The third kappa shape index (κ3) is 4.54. The van der Waals surface area contributed by atoms with Crippen LogP contribution in [0.15, 0.2) is 55.0 Å². The van der Waals surface area contributed by atoms with Gasteiger partial charge < -0.3 is 14.6 Å². The molecule has 8 heteroatoms. The molecule has 0 amide bonds. The maximum Gasteiger partial charge on any atom is 0.322 e. The molecule has 6 nitrogen and oxygen atoms in total. The summed E-state index contributed by atoms with van der Waals surface area (Å²) < 4.78 is 21.9. The molecule has 3 heterocycles. The largest absolute Gasteiger partial charge is 0.424 e. The van der Waals surface area contributed by atoms with Gasteiger partial charge in [0, 0.05) is 22.8 Å². The standard InChI is InChI=1S/C26H25ClFN5O/c1-16-13-19(27)14-17(2)25(16)34-26-30-12-9-22(32-26)24-23(18-3-5-20(28)6-4-18)31-15-33(24)21-7-10-29-11-8-21/h3-6,9,12-15,21,29H,7-8,10-11H2,1-2H3. The third-order valence-corrected chi connectivity index (χ3v) is 6.33. The third-order valence-electron chi connectivity index (χ3n) is 6.11. The highest BCUT2D eigenvalue weighted by atomic mass is 35.5. The second kappa shape index (κ2) is 9.52. The van der Waals surface area contributed by atoms with Gasteiger partial charge in [0.25, 0.3) is 0 Å². The van der Waals surface area contributed by atoms with Crippen molar-refractivity contribution in [2.45, 2.75) is 32.7 Å². The molecular formula is C26H25ClFN5O. The number of ether oxygens (including phenoxy) is 1. The van der Waals surface area contributed by atoms with E-state index in [-0.39, 0.29) is 17.9 Å². The number of benzene rings is 2. The van der Waals surface area contributed by atoms with Crippen molar-refractivity contribution in [3.8, 4) is 34.4 Å². The van der Waals surface area contributed by atoms with E-state index in [0.29, 0.717) is 16.5 Å². The fraction of sp³-hybridized carbons (Fsp3) is 0.269. The summed E-state index contributed by atoms with van der Waals surface area (Å²) >= 11 is 6.17. The summed E-state index contributed by atoms with van der Waals surface area (Å²) in [6.45, 7) is 5.77. The quantitative estimate of drug-likeness (QED) is 0.374. The highest BCUT2D eigenvalue weighted by Gasteiger charge is 2.24. The van der Waals surface area contributed by atoms with Gasteiger partial charge in [-0.1, -0.05) is 11.6 Å². The summed E-state index contributed by atoms with van der Waals surface area (Å²) in [5.41, 5.74) is 4.97. The van der Waals surface area contributed by atoms with E-state index in [4.69, 9.17) is 26.3 Å². The molecule has 0 saturated carbocycles. The van der Waals surface area contributed by atoms with Crippen LogP contribution >= 0.6 is 11.6 Å². The lowest BCUT2D eigenvalue weighted by Gasteiger charge is -2.25. The second-order valence-corrected chi connectivity index (χ2v) is 8.97. The average molecular weight is 478 g/mol. The number of halogens is 2. The van der Waals surface area contributed by atoms with Gasteiger partial charge in [-0.05, 0) is 93.4 Å². The molecule has 1 aliphatic heterocycles. The van der Waals surface area contributed by atoms with Crippen molar-refractivity contribution >= 4 is 11.6 Å². The fourth-order valence-electron chi connectivity index (χ4n) is 4.47. The van der Waals surface area contributed by atoms with Gasteiger partial charge in [-0.15, -0.1) is 0 Å². The van der Waals surface area contributed by atoms with Crippen LogP contribution in [-0.4, -0.2) is 32.6 Å². The van der Waals surface area contributed by atoms with Gasteiger partial charge in [-0.3, -0.25) is 0 Å². The van der Waals surface area contributed by atoms with Crippen LogP contribution in [0.3, 0.4) is 0 Å². The number of imidazole rings is 1. The minimum absolute atomic E-state index is 0.245. The zero-order chi connectivity index (χ0) is 23.7. The van der Waals surface area contributed by atoms with Gasteiger partial charge in [0.15, 0.2) is 0 Å². The number of nitrogens with one attached hydrogen (secondary N) is 1. The maximum absolute atomic E-state index is 13.6. The Kier molecular flexibility index (Phi) is 6.30. The smallest absolute Gasteiger partial charge is 0.322 e. The van der Waals surface area contributed by atoms with Gasteiger partial charge in [-0.2, -0.15) is 4.98 Å². The number of hydrogen-bond acceptors (Lipinski definition) is 5. The molecule has 1 fully saturated rings. The average Bonchev–Trinajstić information content (AvgIpc) is 3.28. The summed E-state index contributed by atoms with van der Waals surface area (Å²) in [7, 11) is 0. The molecule has 2 aromatic heterocycles. The Hall–Kier alpha value is -3.29. The van der Waals surface area contributed by atoms with E-state index in [1.807, 2.05) is 38.4 Å². The normalized spacial score (nSPS) is 14.4. The molecule has 1 N–H and O–H groups in total. The number of aromatic nitrogens is 4. The number of hydrogen-bond donors (Lipinski definition) is 1. The first-order valence-electron chi connectivity index (χ1n) is 11.3. The number of aryl methyl sites for hydroxylation is 2. The summed E-state index contributed by atoms with van der Waals surface area (Å²) in [6.07, 6.45) is 5.53. The second-order valence-electron chi connectivity index (χ2n) is 8.53. The van der Waals surface area contributed by atoms with Crippen molar-refractivity contribution in [1.29, 1.82) is 0 Å². The Balaban J connectivity index is 1.58. The molecule has 0 spiro atoms. The topological polar surface area (TPSA) is 64.9 Å². The Bertz CT molecular complexity index is 1290. The first-order chi connectivity index (χ1) is 16.5. The maximum atomic E-state index is 13.6. The van der Waals surface area contributed by atoms with E-state index < -0.39 is 0 Å². The van der Waals surface area contributed by atoms with E-state index in [1.54, 1.807) is 18.3 Å². The SMILES string of the molecule is Cc1cc(Cl)cc(C)c1Oc1nccc(-c2c(-c3ccc(F)cc3)ncn2C2CCNCC2)n1. The van der Waals surface area contributed by atoms with Crippen molar-refractivity contribution < 1.29 is 9.13 Å². The highest BCUT2D eigenvalue weighted by molar-refractivity contribution is 6.30. The predicted molar refractivity (Wildman–Crippen MR) is 131 cm³/mol. The molecule has 0 bridgehead atoms. The zero-order valence-electron chi connectivity index (χ0n) is 19.1. The van der Waals surface area contributed by atoms with Gasteiger partial charge in [0.1, 0.15) is 11.6 Å². The van der Waals surface area contributed by atoms with Crippen molar-refractivity contribution in [2.24, 2.45) is 0 Å². The summed E-state index contributed by atoms with van der Waals surface area (Å²) in [5, 5.41) is 4.07. The van der Waals surface area contributed by atoms with E-state index in [0.717, 1.165) is 54.0 Å². The Morgan fingerprint density at radius 3 is 2.44 bits per heavy atom. The van der Waals surface area contributed by atoms with E-state index in [2.05, 4.69) is 14.9 Å². The van der Waals surface area contributed by atoms with Crippen LogP contribution in [0.4, 0.5) is 4.39 Å². The van der Waals surface area contributed by atoms with Crippen LogP contribution in [0, 0.1) is 19.7 Å². The zero-order valence-corrected chi connectivity index (χ0v) is 19.8. The van der Waals surface area contributed by atoms with Crippen LogP contribution in [0.2, 0.25) is 5.02 Å². The molecule has 2 aromatic carbocycles. The number of nitrogens with zero attached hydrogens (tertiary/aromatic N) is 4. The van der Waals surface area contributed by atoms with Crippen molar-refractivity contribution in [1.82, 2.24) is 24.8 Å². The lowest BCUT2D eigenvalue weighted by Crippen LogP contribution is -2.29. The van der Waals surface area contributed by atoms with Gasteiger partial charge in [0.05, 0.1) is 23.4 Å². The fourth-order valence-corrected chi connectivity index (χ4v) is 4.79. The summed E-state index contributed by atoms with van der Waals surface area (Å²) in [5.74, 6) is 0.404. The minimum Gasteiger partial charge on any atom is -0.424 e. The Labute approximate surface area is 202 Å². The predicted octanol–water partition coefficient (Wildman–Crippen LogP) is 6.13. The molecule has 1 aliphatic rings. The van der Waals surface area contributed by atoms with E-state index in [9.17, 15) is 4.39 Å². The van der Waals surface area contributed by atoms with Crippen molar-refractivity contribution in [3.05, 3.63) is 77.0 Å². The summed E-state index contributed by atoms with van der Waals surface area (Å²) in [4.78, 5) is 13.8. The first kappa shape index (κ1) is 22.5. The van der Waals surface area contributed by atoms with Gasteiger partial charge in [0.2, 0.25) is 0 Å². The molecule has 34 heavy (non-hydrogen) atoms. The minimum atomic E-state index is -0.283. The van der Waals surface area contributed by atoms with Crippen LogP contribution in [-0.2, 0) is 0 Å². The van der Waals surface area contributed by atoms with Gasteiger partial charge in [-0.25, -0.2) is 14.4 Å². The van der Waals surface area contributed by atoms with E-state index >= 15 is 0 Å². The highest BCUT2D eigenvalue weighted by Crippen LogP contribution is 2.36. The number of piperidine rings is 1. The number of rotatable bonds is 5. The molecular weight excluding hydrogens is 453 g/mol. The van der Waals surface area contributed by atoms with Crippen LogP contribution in [0.5, 0.6) is 11.8 Å². The van der Waals surface area contributed by atoms with Crippen molar-refractivity contribution in [2.75, 3.05) is 13.1 Å². The molecule has 0 aliphatic carbocycles. The summed E-state index contributed by atoms with van der Waals surface area (Å²) in [6, 6.07) is 12.5. The lowest BCUT2D eigenvalue weighted by molar-refractivity contribution is 0.370. The molecule has 174 valence electrons. The molecule has 1 saturated heterocycles. The van der Waals surface area contributed by atoms with Crippen LogP contribution in [0.25, 0.3) is 22.6 Å².